The van der Waals surface area contributed by atoms with Crippen molar-refractivity contribution in [3.05, 3.63) is 47.3 Å². The van der Waals surface area contributed by atoms with Crippen molar-refractivity contribution >= 4 is 0 Å². The van der Waals surface area contributed by atoms with Crippen LogP contribution in [-0.4, -0.2) is 31.1 Å². The molecule has 1 aromatic carbocycles. The Morgan fingerprint density at radius 1 is 1.30 bits per heavy atom. The lowest BCUT2D eigenvalue weighted by Crippen LogP contribution is -2.45. The molecular formula is C15H19F3N2. The van der Waals surface area contributed by atoms with E-state index in [9.17, 15) is 13.2 Å². The van der Waals surface area contributed by atoms with E-state index in [4.69, 9.17) is 0 Å². The minimum absolute atomic E-state index is 0.0763. The summed E-state index contributed by atoms with van der Waals surface area (Å²) in [6.07, 6.45) is 0.486. The van der Waals surface area contributed by atoms with Crippen LogP contribution in [0.3, 0.4) is 0 Å². The van der Waals surface area contributed by atoms with Crippen molar-refractivity contribution in [2.75, 3.05) is 26.2 Å². The smallest absolute Gasteiger partial charge is 0.163 e. The summed E-state index contributed by atoms with van der Waals surface area (Å²) in [6.45, 7) is 8.68. The summed E-state index contributed by atoms with van der Waals surface area (Å²) in [5, 5.41) is 3.21. The Kier molecular flexibility index (Phi) is 4.83. The molecule has 1 aliphatic rings. The van der Waals surface area contributed by atoms with Crippen LogP contribution in [-0.2, 0) is 0 Å². The van der Waals surface area contributed by atoms with Gasteiger partial charge in [-0.2, -0.15) is 0 Å². The fourth-order valence-corrected chi connectivity index (χ4v) is 2.58. The summed E-state index contributed by atoms with van der Waals surface area (Å²) >= 11 is 0. The maximum absolute atomic E-state index is 14.0. The molecule has 0 radical (unpaired) electrons. The molecule has 0 bridgehead atoms. The van der Waals surface area contributed by atoms with Crippen molar-refractivity contribution in [2.24, 2.45) is 0 Å². The molecule has 2 nitrogen and oxygen atoms in total. The van der Waals surface area contributed by atoms with Gasteiger partial charge in [-0.25, -0.2) is 13.2 Å². The molecular weight excluding hydrogens is 265 g/mol. The molecule has 0 spiro atoms. The quantitative estimate of drug-likeness (QED) is 0.675. The second-order valence-electron chi connectivity index (χ2n) is 5.25. The summed E-state index contributed by atoms with van der Waals surface area (Å²) in [7, 11) is 0. The fourth-order valence-electron chi connectivity index (χ4n) is 2.58. The Hall–Kier alpha value is -1.33. The maximum Gasteiger partial charge on any atom is 0.163 e. The van der Waals surface area contributed by atoms with Gasteiger partial charge in [-0.1, -0.05) is 5.57 Å². The normalized spacial score (nSPS) is 18.0. The van der Waals surface area contributed by atoms with E-state index in [2.05, 4.69) is 11.9 Å². The Bertz CT molecular complexity index is 496. The number of halogens is 3. The van der Waals surface area contributed by atoms with Gasteiger partial charge in [0.1, 0.15) is 5.82 Å². The number of rotatable bonds is 4. The van der Waals surface area contributed by atoms with Gasteiger partial charge in [-0.05, 0) is 19.4 Å². The third kappa shape index (κ3) is 3.41. The van der Waals surface area contributed by atoms with Crippen LogP contribution >= 0.6 is 0 Å². The van der Waals surface area contributed by atoms with Gasteiger partial charge in [0.2, 0.25) is 0 Å². The molecule has 1 aliphatic heterocycles. The number of piperazine rings is 1. The predicted molar refractivity (Wildman–Crippen MR) is 72.9 cm³/mol. The van der Waals surface area contributed by atoms with Crippen molar-refractivity contribution in [1.29, 1.82) is 0 Å². The lowest BCUT2D eigenvalue weighted by atomic mass is 9.97. The molecule has 1 N–H and O–H groups in total. The molecule has 0 saturated carbocycles. The highest BCUT2D eigenvalue weighted by atomic mass is 19.2. The van der Waals surface area contributed by atoms with Crippen molar-refractivity contribution in [2.45, 2.75) is 19.4 Å². The van der Waals surface area contributed by atoms with Gasteiger partial charge in [0, 0.05) is 43.9 Å². The summed E-state index contributed by atoms with van der Waals surface area (Å²) in [5.74, 6) is -2.85. The lowest BCUT2D eigenvalue weighted by molar-refractivity contribution is 0.168. The van der Waals surface area contributed by atoms with Crippen molar-refractivity contribution in [3.63, 3.8) is 0 Å². The standard InChI is InChI=1S/C15H19F3N2/c1-10(2)7-14(20-5-3-19-4-6-20)12-8-11(16)9-13(17)15(12)18/h8-9,14,19H,1,3-7H2,2H3/t14-/m1/s1. The molecule has 0 aliphatic carbocycles. The number of benzene rings is 1. The highest BCUT2D eigenvalue weighted by molar-refractivity contribution is 5.25. The number of nitrogens with one attached hydrogen (secondary N) is 1. The van der Waals surface area contributed by atoms with E-state index >= 15 is 0 Å². The average Bonchev–Trinajstić information content (AvgIpc) is 2.41. The van der Waals surface area contributed by atoms with E-state index in [0.29, 0.717) is 12.5 Å². The summed E-state index contributed by atoms with van der Waals surface area (Å²) in [5.41, 5.74) is 0.935. The first kappa shape index (κ1) is 15.1. The highest BCUT2D eigenvalue weighted by Crippen LogP contribution is 2.31. The monoisotopic (exact) mass is 284 g/mol. The predicted octanol–water partition coefficient (Wildman–Crippen LogP) is 3.02. The van der Waals surface area contributed by atoms with E-state index in [1.807, 2.05) is 11.8 Å². The SMILES string of the molecule is C=C(C)C[C@H](c1cc(F)cc(F)c1F)N1CCNCC1. The second kappa shape index (κ2) is 6.41. The molecule has 1 heterocycles. The van der Waals surface area contributed by atoms with E-state index in [-0.39, 0.29) is 11.6 Å². The highest BCUT2D eigenvalue weighted by Gasteiger charge is 2.26. The molecule has 20 heavy (non-hydrogen) atoms. The lowest BCUT2D eigenvalue weighted by Gasteiger charge is -2.35. The first-order valence-corrected chi connectivity index (χ1v) is 6.72. The molecule has 1 saturated heterocycles. The molecule has 5 heteroatoms. The minimum Gasteiger partial charge on any atom is -0.314 e. The van der Waals surface area contributed by atoms with E-state index in [0.717, 1.165) is 37.8 Å². The first-order chi connectivity index (χ1) is 9.49. The average molecular weight is 284 g/mol. The van der Waals surface area contributed by atoms with Gasteiger partial charge in [0.25, 0.3) is 0 Å². The first-order valence-electron chi connectivity index (χ1n) is 6.72. The zero-order valence-electron chi connectivity index (χ0n) is 11.6. The van der Waals surface area contributed by atoms with Crippen molar-refractivity contribution in [1.82, 2.24) is 10.2 Å². The zero-order chi connectivity index (χ0) is 14.7. The van der Waals surface area contributed by atoms with Crippen LogP contribution in [0.2, 0.25) is 0 Å². The van der Waals surface area contributed by atoms with Gasteiger partial charge in [-0.15, -0.1) is 6.58 Å². The summed E-state index contributed by atoms with van der Waals surface area (Å²) < 4.78 is 40.9. The van der Waals surface area contributed by atoms with E-state index in [1.54, 1.807) is 0 Å². The van der Waals surface area contributed by atoms with Crippen molar-refractivity contribution < 1.29 is 13.2 Å². The third-order valence-corrected chi connectivity index (χ3v) is 3.51. The molecule has 2 rings (SSSR count). The van der Waals surface area contributed by atoms with Crippen LogP contribution in [0.1, 0.15) is 24.9 Å². The number of hydrogen-bond donors (Lipinski definition) is 1. The van der Waals surface area contributed by atoms with Crippen molar-refractivity contribution in [3.8, 4) is 0 Å². The Labute approximate surface area is 117 Å². The molecule has 110 valence electrons. The summed E-state index contributed by atoms with van der Waals surface area (Å²) in [4.78, 5) is 2.04. The molecule has 0 aromatic heterocycles. The number of hydrogen-bond acceptors (Lipinski definition) is 2. The molecule has 1 aromatic rings. The Morgan fingerprint density at radius 3 is 2.55 bits per heavy atom. The van der Waals surface area contributed by atoms with Crippen LogP contribution in [0, 0.1) is 17.5 Å². The van der Waals surface area contributed by atoms with Crippen LogP contribution in [0.15, 0.2) is 24.3 Å². The topological polar surface area (TPSA) is 15.3 Å². The van der Waals surface area contributed by atoms with Gasteiger partial charge in [0.05, 0.1) is 0 Å². The molecule has 0 unspecified atom stereocenters. The fraction of sp³-hybridized carbons (Fsp3) is 0.467. The summed E-state index contributed by atoms with van der Waals surface area (Å²) in [6, 6.07) is 1.29. The molecule has 1 fully saturated rings. The maximum atomic E-state index is 14.0. The van der Waals surface area contributed by atoms with Gasteiger partial charge in [-0.3, -0.25) is 4.90 Å². The van der Waals surface area contributed by atoms with Gasteiger partial charge >= 0.3 is 0 Å². The third-order valence-electron chi connectivity index (χ3n) is 3.51. The van der Waals surface area contributed by atoms with Crippen LogP contribution < -0.4 is 5.32 Å². The molecule has 0 amide bonds. The number of nitrogens with zero attached hydrogens (tertiary/aromatic N) is 1. The van der Waals surface area contributed by atoms with Crippen LogP contribution in [0.5, 0.6) is 0 Å². The zero-order valence-corrected chi connectivity index (χ0v) is 11.6. The van der Waals surface area contributed by atoms with E-state index < -0.39 is 17.5 Å². The van der Waals surface area contributed by atoms with E-state index in [1.165, 1.54) is 0 Å². The Balaban J connectivity index is 2.37. The van der Waals surface area contributed by atoms with Gasteiger partial charge in [0.15, 0.2) is 11.6 Å². The largest absolute Gasteiger partial charge is 0.314 e. The van der Waals surface area contributed by atoms with Gasteiger partial charge < -0.3 is 5.32 Å². The van der Waals surface area contributed by atoms with Crippen LogP contribution in [0.25, 0.3) is 0 Å². The Morgan fingerprint density at radius 2 is 1.95 bits per heavy atom. The van der Waals surface area contributed by atoms with Crippen LogP contribution in [0.4, 0.5) is 13.2 Å². The second-order valence-corrected chi connectivity index (χ2v) is 5.25. The minimum atomic E-state index is -1.14. The molecule has 1 atom stereocenters.